The first-order valence-corrected chi connectivity index (χ1v) is 7.76. The first-order valence-electron chi connectivity index (χ1n) is 7.13. The topological polar surface area (TPSA) is 56.5 Å². The molecular formula is C15H22BFN2O2S. The van der Waals surface area contributed by atoms with E-state index in [4.69, 9.17) is 15.2 Å². The molecule has 1 aliphatic heterocycles. The highest BCUT2D eigenvalue weighted by atomic mass is 32.1. The zero-order valence-electron chi connectivity index (χ0n) is 13.3. The summed E-state index contributed by atoms with van der Waals surface area (Å²) in [5.41, 5.74) is 3.27. The average molecular weight is 324 g/mol. The average Bonchev–Trinajstić information content (AvgIpc) is 2.65. The molecule has 0 bridgehead atoms. The quantitative estimate of drug-likeness (QED) is 0.345. The largest absolute Gasteiger partial charge is 0.491 e. The van der Waals surface area contributed by atoms with Crippen molar-refractivity contribution >= 4 is 31.5 Å². The minimum atomic E-state index is -0.488. The van der Waals surface area contributed by atoms with Crippen LogP contribution in [0.4, 0.5) is 10.1 Å². The second kappa shape index (κ2) is 6.24. The fourth-order valence-corrected chi connectivity index (χ4v) is 2.38. The summed E-state index contributed by atoms with van der Waals surface area (Å²) in [6, 6.07) is 4.76. The molecule has 1 saturated heterocycles. The molecule has 0 saturated carbocycles. The van der Waals surface area contributed by atoms with Gasteiger partial charge < -0.3 is 14.7 Å². The maximum atomic E-state index is 13.8. The smallest absolute Gasteiger partial charge is 0.400 e. The van der Waals surface area contributed by atoms with Crippen LogP contribution in [0.2, 0.25) is 0 Å². The third-order valence-electron chi connectivity index (χ3n) is 4.24. The summed E-state index contributed by atoms with van der Waals surface area (Å²) >= 11 is 4.34. The second-order valence-corrected chi connectivity index (χ2v) is 6.67. The Balaban J connectivity index is 2.27. The van der Waals surface area contributed by atoms with Crippen LogP contribution in [0, 0.1) is 5.82 Å². The summed E-state index contributed by atoms with van der Waals surface area (Å²) in [5, 5.41) is 0. The number of nitrogens with one attached hydrogen (secondary N) is 1. The monoisotopic (exact) mass is 324 g/mol. The molecular weight excluding hydrogens is 302 g/mol. The van der Waals surface area contributed by atoms with E-state index in [-0.39, 0.29) is 5.69 Å². The first kappa shape index (κ1) is 17.3. The zero-order valence-corrected chi connectivity index (χ0v) is 14.2. The molecule has 0 amide bonds. The van der Waals surface area contributed by atoms with Crippen LogP contribution in [0.3, 0.4) is 0 Å². The van der Waals surface area contributed by atoms with Gasteiger partial charge >= 0.3 is 7.12 Å². The number of hydrazine groups is 1. The molecule has 0 aliphatic carbocycles. The highest BCUT2D eigenvalue weighted by Crippen LogP contribution is 2.39. The third-order valence-corrected chi connectivity index (χ3v) is 4.60. The van der Waals surface area contributed by atoms with E-state index < -0.39 is 24.1 Å². The minimum Gasteiger partial charge on any atom is -0.400 e. The molecule has 1 aromatic carbocycles. The summed E-state index contributed by atoms with van der Waals surface area (Å²) in [4.78, 5) is 0. The molecule has 0 spiro atoms. The van der Waals surface area contributed by atoms with Gasteiger partial charge in [-0.2, -0.15) is 12.6 Å². The van der Waals surface area contributed by atoms with Crippen molar-refractivity contribution in [1.29, 1.82) is 0 Å². The minimum absolute atomic E-state index is 0.250. The van der Waals surface area contributed by atoms with E-state index in [1.54, 1.807) is 12.1 Å². The van der Waals surface area contributed by atoms with Gasteiger partial charge in [-0.05, 0) is 50.9 Å². The molecule has 0 radical (unpaired) electrons. The van der Waals surface area contributed by atoms with Crippen LogP contribution in [0.1, 0.15) is 33.3 Å². The molecule has 1 heterocycles. The van der Waals surface area contributed by atoms with Crippen LogP contribution in [-0.2, 0) is 9.31 Å². The zero-order chi connectivity index (χ0) is 16.5. The van der Waals surface area contributed by atoms with Crippen LogP contribution in [0.25, 0.3) is 6.08 Å². The Bertz CT molecular complexity index is 577. The fraction of sp³-hybridized carbons (Fsp3) is 0.467. The maximum Gasteiger partial charge on any atom is 0.491 e. The van der Waals surface area contributed by atoms with E-state index >= 15 is 0 Å². The lowest BCUT2D eigenvalue weighted by Gasteiger charge is -2.32. The van der Waals surface area contributed by atoms with Crippen molar-refractivity contribution in [3.8, 4) is 0 Å². The van der Waals surface area contributed by atoms with E-state index in [2.05, 4.69) is 18.1 Å². The number of rotatable bonds is 4. The Kier molecular flexibility index (Phi) is 4.92. The number of nitrogens with two attached hydrogens (primary N) is 1. The Hall–Kier alpha value is -1.02. The predicted molar refractivity (Wildman–Crippen MR) is 92.1 cm³/mol. The summed E-state index contributed by atoms with van der Waals surface area (Å²) in [6.45, 7) is 7.96. The first-order chi connectivity index (χ1) is 10.2. The predicted octanol–water partition coefficient (Wildman–Crippen LogP) is 3.06. The Morgan fingerprint density at radius 3 is 2.36 bits per heavy atom. The number of nitrogen functional groups attached to an aromatic ring is 1. The third kappa shape index (κ3) is 3.32. The van der Waals surface area contributed by atoms with Gasteiger partial charge in [-0.25, -0.2) is 4.39 Å². The van der Waals surface area contributed by atoms with E-state index in [1.165, 1.54) is 6.07 Å². The standard InChI is InChI=1S/C15H22BFN2O2S/c1-14(2)15(3,4)21-16(20-14)11(9-22)7-10-5-6-13(19-18)12(17)8-10/h5-8,19,22H,9,18H2,1-4H3. The number of benzene rings is 1. The summed E-state index contributed by atoms with van der Waals surface area (Å²) in [7, 11) is -0.488. The molecule has 1 aliphatic rings. The number of hydrogen-bond donors (Lipinski definition) is 3. The SMILES string of the molecule is CC1(C)OB(C(=Cc2ccc(NN)c(F)c2)CS)OC1(C)C. The Morgan fingerprint density at radius 1 is 1.32 bits per heavy atom. The van der Waals surface area contributed by atoms with Crippen LogP contribution < -0.4 is 11.3 Å². The van der Waals surface area contributed by atoms with Gasteiger partial charge in [-0.15, -0.1) is 0 Å². The van der Waals surface area contributed by atoms with Gasteiger partial charge in [0.15, 0.2) is 0 Å². The van der Waals surface area contributed by atoms with Crippen LogP contribution >= 0.6 is 12.6 Å². The van der Waals surface area contributed by atoms with Gasteiger partial charge in [-0.1, -0.05) is 12.1 Å². The maximum absolute atomic E-state index is 13.8. The Morgan fingerprint density at radius 2 is 1.91 bits per heavy atom. The van der Waals surface area contributed by atoms with E-state index in [1.807, 2.05) is 33.8 Å². The van der Waals surface area contributed by atoms with Crippen molar-refractivity contribution in [1.82, 2.24) is 0 Å². The lowest BCUT2D eigenvalue weighted by Crippen LogP contribution is -2.41. The van der Waals surface area contributed by atoms with Gasteiger partial charge in [0.1, 0.15) is 5.82 Å². The molecule has 0 unspecified atom stereocenters. The van der Waals surface area contributed by atoms with Crippen molar-refractivity contribution in [2.45, 2.75) is 38.9 Å². The molecule has 1 aromatic rings. The van der Waals surface area contributed by atoms with Crippen LogP contribution in [0.5, 0.6) is 0 Å². The van der Waals surface area contributed by atoms with Crippen molar-refractivity contribution in [2.24, 2.45) is 5.84 Å². The Labute approximate surface area is 136 Å². The van der Waals surface area contributed by atoms with E-state index in [0.29, 0.717) is 11.3 Å². The summed E-state index contributed by atoms with van der Waals surface area (Å²) in [5.74, 6) is 5.27. The van der Waals surface area contributed by atoms with E-state index in [0.717, 1.165) is 5.47 Å². The fourth-order valence-electron chi connectivity index (χ4n) is 2.13. The lowest BCUT2D eigenvalue weighted by atomic mass is 9.78. The van der Waals surface area contributed by atoms with Gasteiger partial charge in [0.2, 0.25) is 0 Å². The molecule has 3 N–H and O–H groups in total. The molecule has 2 rings (SSSR count). The van der Waals surface area contributed by atoms with Gasteiger partial charge in [0.05, 0.1) is 16.9 Å². The normalized spacial score (nSPS) is 20.3. The molecule has 120 valence electrons. The van der Waals surface area contributed by atoms with Gasteiger partial charge in [0, 0.05) is 5.75 Å². The number of anilines is 1. The number of halogens is 1. The molecule has 7 heteroatoms. The molecule has 0 atom stereocenters. The molecule has 22 heavy (non-hydrogen) atoms. The van der Waals surface area contributed by atoms with Crippen molar-refractivity contribution < 1.29 is 13.7 Å². The lowest BCUT2D eigenvalue weighted by molar-refractivity contribution is 0.00578. The summed E-state index contributed by atoms with van der Waals surface area (Å²) in [6.07, 6.45) is 1.83. The van der Waals surface area contributed by atoms with Gasteiger partial charge in [-0.3, -0.25) is 5.84 Å². The highest BCUT2D eigenvalue weighted by molar-refractivity contribution is 7.80. The molecule has 4 nitrogen and oxygen atoms in total. The number of thiol groups is 1. The second-order valence-electron chi connectivity index (χ2n) is 6.35. The van der Waals surface area contributed by atoms with Crippen LogP contribution in [0.15, 0.2) is 23.7 Å². The molecule has 1 fully saturated rings. The summed E-state index contributed by atoms with van der Waals surface area (Å²) < 4.78 is 25.8. The van der Waals surface area contributed by atoms with Crippen molar-refractivity contribution in [2.75, 3.05) is 11.2 Å². The van der Waals surface area contributed by atoms with Gasteiger partial charge in [0.25, 0.3) is 0 Å². The van der Waals surface area contributed by atoms with Crippen molar-refractivity contribution in [3.63, 3.8) is 0 Å². The van der Waals surface area contributed by atoms with Crippen LogP contribution in [-0.4, -0.2) is 24.1 Å². The van der Waals surface area contributed by atoms with E-state index in [9.17, 15) is 4.39 Å². The van der Waals surface area contributed by atoms with Crippen molar-refractivity contribution in [3.05, 3.63) is 35.1 Å². The highest BCUT2D eigenvalue weighted by Gasteiger charge is 2.52. The number of hydrogen-bond acceptors (Lipinski definition) is 5. The molecule has 0 aromatic heterocycles.